The van der Waals surface area contributed by atoms with Gasteiger partial charge >= 0.3 is 5.97 Å². The highest BCUT2D eigenvalue weighted by molar-refractivity contribution is 7.93. The Morgan fingerprint density at radius 3 is 1.62 bits per heavy atom. The van der Waals surface area contributed by atoms with E-state index in [2.05, 4.69) is 19.4 Å². The van der Waals surface area contributed by atoms with E-state index in [1.807, 2.05) is 0 Å². The number of nitrogens with zero attached hydrogens (tertiary/aromatic N) is 2. The molecule has 0 fully saturated rings. The summed E-state index contributed by atoms with van der Waals surface area (Å²) in [5.41, 5.74) is -4.66. The van der Waals surface area contributed by atoms with Crippen molar-refractivity contribution in [2.45, 2.75) is 15.7 Å². The van der Waals surface area contributed by atoms with E-state index in [1.165, 1.54) is 60.9 Å². The van der Waals surface area contributed by atoms with Crippen molar-refractivity contribution < 1.29 is 50.1 Å². The second-order valence-corrected chi connectivity index (χ2v) is 13.5. The number of benzene rings is 3. The van der Waals surface area contributed by atoms with Gasteiger partial charge < -0.3 is 19.7 Å². The fourth-order valence-corrected chi connectivity index (χ4v) is 7.41. The Morgan fingerprint density at radius 2 is 1.15 bits per heavy atom. The smallest absolute Gasteiger partial charge is 0.340 e. The number of esters is 1. The number of hydrogen-bond donors (Lipinski definition) is 4. The monoisotopic (exact) mass is 680 g/mol. The number of phenols is 2. The molecule has 2 aliphatic heterocycles. The number of anilines is 2. The van der Waals surface area contributed by atoms with E-state index < -0.39 is 98.8 Å². The topological polar surface area (TPSA) is 194 Å². The first-order chi connectivity index (χ1) is 22.3. The summed E-state index contributed by atoms with van der Waals surface area (Å²) in [5, 5.41) is 20.6. The van der Waals surface area contributed by atoms with Gasteiger partial charge in [-0.05, 0) is 42.5 Å². The quantitative estimate of drug-likeness (QED) is 0.147. The number of sulfonamides is 2. The van der Waals surface area contributed by atoms with E-state index in [1.54, 1.807) is 0 Å². The number of ether oxygens (including phenoxy) is 2. The zero-order valence-electron chi connectivity index (χ0n) is 23.3. The molecule has 2 aromatic heterocycles. The third kappa shape index (κ3) is 4.50. The molecule has 238 valence electrons. The van der Waals surface area contributed by atoms with E-state index in [0.717, 1.165) is 24.3 Å². The van der Waals surface area contributed by atoms with Gasteiger partial charge in [0.2, 0.25) is 11.6 Å². The van der Waals surface area contributed by atoms with Crippen LogP contribution < -0.4 is 14.2 Å². The molecular weight excluding hydrogens is 662 g/mol. The predicted molar refractivity (Wildman–Crippen MR) is 158 cm³/mol. The fourth-order valence-electron chi connectivity index (χ4n) is 5.39. The number of aromatic nitrogens is 2. The van der Waals surface area contributed by atoms with Crippen molar-refractivity contribution in [1.82, 2.24) is 9.97 Å². The van der Waals surface area contributed by atoms with Crippen LogP contribution in [0.4, 0.5) is 20.2 Å². The molecule has 0 radical (unpaired) electrons. The molecule has 0 bridgehead atoms. The van der Waals surface area contributed by atoms with E-state index >= 15 is 8.78 Å². The van der Waals surface area contributed by atoms with E-state index in [9.17, 15) is 31.8 Å². The number of aromatic hydroxyl groups is 2. The SMILES string of the molecule is O=C1OC2(c3ccccc31)c1cc(NS(=O)(=O)c3ccccn3)c(O)c(F)c1Oc1c2cc(NS(=O)(=O)c2ccccn2)c(O)c1F. The molecule has 5 aromatic rings. The summed E-state index contributed by atoms with van der Waals surface area (Å²) >= 11 is 0. The maximum absolute atomic E-state index is 16.0. The number of hydrogen-bond acceptors (Lipinski definition) is 11. The molecule has 0 aliphatic carbocycles. The van der Waals surface area contributed by atoms with Gasteiger partial charge in [0.25, 0.3) is 20.0 Å². The van der Waals surface area contributed by atoms with Crippen LogP contribution in [-0.4, -0.2) is 43.0 Å². The summed E-state index contributed by atoms with van der Waals surface area (Å²) in [6.45, 7) is 0. The van der Waals surface area contributed by atoms with Gasteiger partial charge in [-0.2, -0.15) is 25.6 Å². The number of carbonyl (C=O) groups excluding carboxylic acids is 1. The number of rotatable bonds is 6. The van der Waals surface area contributed by atoms with Gasteiger partial charge in [-0.1, -0.05) is 30.3 Å². The molecule has 0 saturated carbocycles. The van der Waals surface area contributed by atoms with Crippen molar-refractivity contribution in [3.05, 3.63) is 119 Å². The highest BCUT2D eigenvalue weighted by Gasteiger charge is 2.56. The zero-order valence-corrected chi connectivity index (χ0v) is 24.9. The molecule has 13 nitrogen and oxygen atoms in total. The van der Waals surface area contributed by atoms with Crippen molar-refractivity contribution in [2.75, 3.05) is 9.44 Å². The number of phenolic OH excluding ortho intramolecular Hbond substituents is 2. The molecular formula is C30H18F2N4O9S2. The van der Waals surface area contributed by atoms with Crippen molar-refractivity contribution in [2.24, 2.45) is 0 Å². The van der Waals surface area contributed by atoms with Crippen LogP contribution in [0.3, 0.4) is 0 Å². The summed E-state index contributed by atoms with van der Waals surface area (Å²) in [7, 11) is -9.05. The Labute approximate surface area is 264 Å². The largest absolute Gasteiger partial charge is 0.503 e. The molecule has 0 amide bonds. The number of nitrogens with one attached hydrogen (secondary N) is 2. The number of carbonyl (C=O) groups is 1. The number of pyridine rings is 2. The average molecular weight is 681 g/mol. The maximum atomic E-state index is 16.0. The number of fused-ring (bicyclic) bond motifs is 6. The first-order valence-corrected chi connectivity index (χ1v) is 16.3. The molecule has 4 heterocycles. The van der Waals surface area contributed by atoms with Crippen LogP contribution in [0, 0.1) is 11.6 Å². The minimum absolute atomic E-state index is 0.00282. The Morgan fingerprint density at radius 1 is 0.681 bits per heavy atom. The molecule has 47 heavy (non-hydrogen) atoms. The molecule has 3 aromatic carbocycles. The standard InChI is InChI=1S/C30H18F2N4O9S2/c31-23-25(37)19(35-46(40,41)21-9-3-5-11-33-21)13-17-27(23)44-28-18(30(17)16-8-2-1-7-15(16)29(39)45-30)14-20(26(38)24(28)32)36-47(42,43)22-10-4-6-12-34-22/h1-14,35-38H. The van der Waals surface area contributed by atoms with Crippen molar-refractivity contribution in [1.29, 1.82) is 0 Å². The second-order valence-electron chi connectivity index (χ2n) is 10.2. The van der Waals surface area contributed by atoms with E-state index in [0.29, 0.717) is 0 Å². The lowest BCUT2D eigenvalue weighted by Gasteiger charge is -2.37. The van der Waals surface area contributed by atoms with Crippen LogP contribution in [0.5, 0.6) is 23.0 Å². The second kappa shape index (κ2) is 10.4. The normalized spacial score (nSPS) is 14.4. The summed E-state index contributed by atoms with van der Waals surface area (Å²) in [6.07, 6.45) is 2.39. The Hall–Kier alpha value is -5.81. The third-order valence-corrected chi connectivity index (χ3v) is 10.0. The molecule has 4 N–H and O–H groups in total. The number of halogens is 2. The van der Waals surface area contributed by atoms with Gasteiger partial charge in [-0.25, -0.2) is 14.8 Å². The summed E-state index contributed by atoms with van der Waals surface area (Å²) in [4.78, 5) is 20.8. The van der Waals surface area contributed by atoms with Gasteiger partial charge in [-0.15, -0.1) is 0 Å². The molecule has 17 heteroatoms. The van der Waals surface area contributed by atoms with E-state index in [-0.39, 0.29) is 11.1 Å². The van der Waals surface area contributed by atoms with E-state index in [4.69, 9.17) is 9.47 Å². The average Bonchev–Trinajstić information content (AvgIpc) is 3.36. The molecule has 0 unspecified atom stereocenters. The van der Waals surface area contributed by atoms with Gasteiger partial charge in [-0.3, -0.25) is 9.44 Å². The third-order valence-electron chi connectivity index (χ3n) is 7.44. The van der Waals surface area contributed by atoms with Gasteiger partial charge in [0.15, 0.2) is 38.7 Å². The maximum Gasteiger partial charge on any atom is 0.340 e. The van der Waals surface area contributed by atoms with Gasteiger partial charge in [0.1, 0.15) is 0 Å². The molecule has 7 rings (SSSR count). The first-order valence-electron chi connectivity index (χ1n) is 13.4. The molecule has 0 atom stereocenters. The first kappa shape index (κ1) is 29.9. The van der Waals surface area contributed by atoms with Gasteiger partial charge in [0.05, 0.1) is 28.1 Å². The zero-order chi connectivity index (χ0) is 33.3. The Bertz CT molecular complexity index is 2230. The van der Waals surface area contributed by atoms with Crippen LogP contribution in [-0.2, 0) is 30.4 Å². The van der Waals surface area contributed by atoms with Gasteiger partial charge in [0, 0.05) is 18.0 Å². The fraction of sp³-hybridized carbons (Fsp3) is 0.0333. The summed E-state index contributed by atoms with van der Waals surface area (Å²) in [5.74, 6) is -8.39. The summed E-state index contributed by atoms with van der Waals surface area (Å²) < 4.78 is 99.9. The van der Waals surface area contributed by atoms with Crippen LogP contribution in [0.1, 0.15) is 27.0 Å². The highest BCUT2D eigenvalue weighted by Crippen LogP contribution is 2.60. The Balaban J connectivity index is 1.48. The lowest BCUT2D eigenvalue weighted by Crippen LogP contribution is -2.34. The lowest BCUT2D eigenvalue weighted by atomic mass is 9.77. The minimum Gasteiger partial charge on any atom is -0.503 e. The lowest BCUT2D eigenvalue weighted by molar-refractivity contribution is 0.0219. The molecule has 2 aliphatic rings. The predicted octanol–water partition coefficient (Wildman–Crippen LogP) is 4.34. The molecule has 1 spiro atoms. The van der Waals surface area contributed by atoms with Crippen molar-refractivity contribution in [3.63, 3.8) is 0 Å². The van der Waals surface area contributed by atoms with Crippen LogP contribution >= 0.6 is 0 Å². The highest BCUT2D eigenvalue weighted by atomic mass is 32.2. The molecule has 0 saturated heterocycles. The van der Waals surface area contributed by atoms with Crippen LogP contribution in [0.15, 0.2) is 95.2 Å². The minimum atomic E-state index is -4.52. The van der Waals surface area contributed by atoms with Crippen molar-refractivity contribution >= 4 is 37.4 Å². The van der Waals surface area contributed by atoms with Crippen molar-refractivity contribution in [3.8, 4) is 23.0 Å². The van der Waals surface area contributed by atoms with Crippen LogP contribution in [0.25, 0.3) is 0 Å². The summed E-state index contributed by atoms with van der Waals surface area (Å²) in [6, 6.07) is 15.6. The van der Waals surface area contributed by atoms with Crippen LogP contribution in [0.2, 0.25) is 0 Å². The Kier molecular flexibility index (Phi) is 6.59.